The van der Waals surface area contributed by atoms with E-state index in [1.165, 1.54) is 19.3 Å². The number of rotatable bonds is 5. The van der Waals surface area contributed by atoms with E-state index in [2.05, 4.69) is 18.7 Å². The number of nitrogens with two attached hydrogens (primary N) is 1. The van der Waals surface area contributed by atoms with Gasteiger partial charge in [0.1, 0.15) is 0 Å². The lowest BCUT2D eigenvalue weighted by molar-refractivity contribution is -0.134. The smallest absolute Gasteiger partial charge is 0.222 e. The fraction of sp³-hybridized carbons (Fsp3) is 0.923. The van der Waals surface area contributed by atoms with Crippen LogP contribution in [0.15, 0.2) is 0 Å². The highest BCUT2D eigenvalue weighted by Crippen LogP contribution is 2.19. The van der Waals surface area contributed by atoms with Gasteiger partial charge in [0.15, 0.2) is 0 Å². The molecule has 0 aromatic rings. The summed E-state index contributed by atoms with van der Waals surface area (Å²) >= 11 is 0. The van der Waals surface area contributed by atoms with Crippen LogP contribution in [0.4, 0.5) is 0 Å². The Hall–Kier alpha value is -0.570. The van der Waals surface area contributed by atoms with E-state index in [1.807, 2.05) is 0 Å². The second-order valence-electron chi connectivity index (χ2n) is 5.15. The minimum atomic E-state index is 0.344. The third kappa shape index (κ3) is 4.12. The van der Waals surface area contributed by atoms with E-state index in [1.54, 1.807) is 0 Å². The quantitative estimate of drug-likeness (QED) is 0.781. The number of likely N-dealkylation sites (tertiary alicyclic amines) is 1. The van der Waals surface area contributed by atoms with Crippen molar-refractivity contribution in [2.75, 3.05) is 13.1 Å². The third-order valence-electron chi connectivity index (χ3n) is 3.63. The summed E-state index contributed by atoms with van der Waals surface area (Å²) in [5, 5.41) is 0. The maximum Gasteiger partial charge on any atom is 0.222 e. The Bertz CT molecular complexity index is 218. The van der Waals surface area contributed by atoms with Crippen LogP contribution >= 0.6 is 0 Å². The SMILES string of the molecule is CC(CCN)CCC(=O)N1CCCCC1C. The van der Waals surface area contributed by atoms with Crippen molar-refractivity contribution < 1.29 is 4.79 Å². The molecular weight excluding hydrogens is 200 g/mol. The second kappa shape index (κ2) is 6.89. The molecule has 0 aromatic carbocycles. The van der Waals surface area contributed by atoms with Gasteiger partial charge in [-0.3, -0.25) is 4.79 Å². The maximum atomic E-state index is 12.0. The number of hydrogen-bond donors (Lipinski definition) is 1. The first-order valence-corrected chi connectivity index (χ1v) is 6.64. The first-order valence-electron chi connectivity index (χ1n) is 6.64. The van der Waals surface area contributed by atoms with Crippen LogP contribution in [0.25, 0.3) is 0 Å². The van der Waals surface area contributed by atoms with Crippen LogP contribution in [0.5, 0.6) is 0 Å². The predicted octanol–water partition coefficient (Wildman–Crippen LogP) is 2.15. The van der Waals surface area contributed by atoms with E-state index < -0.39 is 0 Å². The van der Waals surface area contributed by atoms with Crippen LogP contribution in [0.1, 0.15) is 52.4 Å². The molecular formula is C13H26N2O. The van der Waals surface area contributed by atoms with Gasteiger partial charge < -0.3 is 10.6 Å². The van der Waals surface area contributed by atoms with E-state index in [4.69, 9.17) is 5.73 Å². The van der Waals surface area contributed by atoms with Crippen LogP contribution in [0, 0.1) is 5.92 Å². The summed E-state index contributed by atoms with van der Waals surface area (Å²) in [4.78, 5) is 14.1. The van der Waals surface area contributed by atoms with Gasteiger partial charge in [-0.25, -0.2) is 0 Å². The Balaban J connectivity index is 2.28. The van der Waals surface area contributed by atoms with Gasteiger partial charge in [-0.05, 0) is 51.5 Å². The molecule has 0 aliphatic carbocycles. The topological polar surface area (TPSA) is 46.3 Å². The van der Waals surface area contributed by atoms with E-state index in [0.29, 0.717) is 24.3 Å². The molecule has 1 rings (SSSR count). The molecule has 2 N–H and O–H groups in total. The molecule has 0 radical (unpaired) electrons. The Labute approximate surface area is 99.4 Å². The van der Waals surface area contributed by atoms with E-state index in [0.717, 1.165) is 25.9 Å². The number of hydrogen-bond acceptors (Lipinski definition) is 2. The molecule has 1 fully saturated rings. The number of nitrogens with zero attached hydrogens (tertiary/aromatic N) is 1. The van der Waals surface area contributed by atoms with Crippen LogP contribution in [0.3, 0.4) is 0 Å². The zero-order chi connectivity index (χ0) is 12.0. The molecule has 1 heterocycles. The summed E-state index contributed by atoms with van der Waals surface area (Å²) < 4.78 is 0. The molecule has 2 atom stereocenters. The van der Waals surface area contributed by atoms with Gasteiger partial charge in [0.2, 0.25) is 5.91 Å². The van der Waals surface area contributed by atoms with Gasteiger partial charge in [-0.2, -0.15) is 0 Å². The summed E-state index contributed by atoms with van der Waals surface area (Å²) in [6, 6.07) is 0.450. The Morgan fingerprint density at radius 3 is 2.81 bits per heavy atom. The summed E-state index contributed by atoms with van der Waals surface area (Å²) in [5.41, 5.74) is 5.51. The minimum Gasteiger partial charge on any atom is -0.340 e. The van der Waals surface area contributed by atoms with Gasteiger partial charge in [0, 0.05) is 19.0 Å². The van der Waals surface area contributed by atoms with Crippen LogP contribution in [-0.4, -0.2) is 29.9 Å². The van der Waals surface area contributed by atoms with Gasteiger partial charge in [-0.1, -0.05) is 6.92 Å². The summed E-state index contributed by atoms with van der Waals surface area (Å²) in [6.07, 6.45) is 6.33. The highest BCUT2D eigenvalue weighted by Gasteiger charge is 2.22. The van der Waals surface area contributed by atoms with Crippen LogP contribution in [-0.2, 0) is 4.79 Å². The lowest BCUT2D eigenvalue weighted by atomic mass is 9.99. The van der Waals surface area contributed by atoms with Gasteiger partial charge in [0.05, 0.1) is 0 Å². The first-order chi connectivity index (χ1) is 7.65. The lowest BCUT2D eigenvalue weighted by Gasteiger charge is -2.33. The molecule has 1 saturated heterocycles. The molecule has 94 valence electrons. The van der Waals surface area contributed by atoms with E-state index in [-0.39, 0.29) is 0 Å². The van der Waals surface area contributed by atoms with Gasteiger partial charge in [-0.15, -0.1) is 0 Å². The summed E-state index contributed by atoms with van der Waals surface area (Å²) in [7, 11) is 0. The van der Waals surface area contributed by atoms with E-state index >= 15 is 0 Å². The molecule has 1 amide bonds. The predicted molar refractivity (Wildman–Crippen MR) is 67.1 cm³/mol. The van der Waals surface area contributed by atoms with Crippen molar-refractivity contribution in [2.24, 2.45) is 11.7 Å². The normalized spacial score (nSPS) is 23.2. The molecule has 1 aliphatic heterocycles. The minimum absolute atomic E-state index is 0.344. The molecule has 16 heavy (non-hydrogen) atoms. The molecule has 3 nitrogen and oxygen atoms in total. The fourth-order valence-electron chi connectivity index (χ4n) is 2.41. The van der Waals surface area contributed by atoms with Crippen molar-refractivity contribution >= 4 is 5.91 Å². The molecule has 0 spiro atoms. The average Bonchev–Trinajstić information content (AvgIpc) is 2.27. The fourth-order valence-corrected chi connectivity index (χ4v) is 2.41. The average molecular weight is 226 g/mol. The van der Waals surface area contributed by atoms with Crippen molar-refractivity contribution in [1.29, 1.82) is 0 Å². The summed E-state index contributed by atoms with van der Waals surface area (Å²) in [5.74, 6) is 0.921. The van der Waals surface area contributed by atoms with E-state index in [9.17, 15) is 4.79 Å². The number of carbonyl (C=O) groups is 1. The van der Waals surface area contributed by atoms with Crippen LogP contribution < -0.4 is 5.73 Å². The highest BCUT2D eigenvalue weighted by molar-refractivity contribution is 5.76. The molecule has 0 saturated carbocycles. The Kier molecular flexibility index (Phi) is 5.81. The van der Waals surface area contributed by atoms with Crippen LogP contribution in [0.2, 0.25) is 0 Å². The molecule has 2 unspecified atom stereocenters. The second-order valence-corrected chi connectivity index (χ2v) is 5.15. The molecule has 0 bridgehead atoms. The summed E-state index contributed by atoms with van der Waals surface area (Å²) in [6.45, 7) is 6.04. The van der Waals surface area contributed by atoms with Crippen molar-refractivity contribution in [1.82, 2.24) is 4.90 Å². The van der Waals surface area contributed by atoms with Gasteiger partial charge >= 0.3 is 0 Å². The molecule has 3 heteroatoms. The largest absolute Gasteiger partial charge is 0.340 e. The molecule has 1 aliphatic rings. The van der Waals surface area contributed by atoms with Crippen molar-refractivity contribution in [3.63, 3.8) is 0 Å². The van der Waals surface area contributed by atoms with Crippen molar-refractivity contribution in [3.8, 4) is 0 Å². The number of amides is 1. The first kappa shape index (κ1) is 13.5. The number of piperidine rings is 1. The highest BCUT2D eigenvalue weighted by atomic mass is 16.2. The maximum absolute atomic E-state index is 12.0. The standard InChI is InChI=1S/C13H26N2O/c1-11(8-9-14)6-7-13(16)15-10-4-3-5-12(15)2/h11-12H,3-10,14H2,1-2H3. The zero-order valence-electron chi connectivity index (χ0n) is 10.7. The number of carbonyl (C=O) groups excluding carboxylic acids is 1. The lowest BCUT2D eigenvalue weighted by Crippen LogP contribution is -2.42. The monoisotopic (exact) mass is 226 g/mol. The Morgan fingerprint density at radius 1 is 1.44 bits per heavy atom. The van der Waals surface area contributed by atoms with Crippen molar-refractivity contribution in [3.05, 3.63) is 0 Å². The Morgan fingerprint density at radius 2 is 2.19 bits per heavy atom. The third-order valence-corrected chi connectivity index (χ3v) is 3.63. The zero-order valence-corrected chi connectivity index (χ0v) is 10.7. The van der Waals surface area contributed by atoms with Gasteiger partial charge in [0.25, 0.3) is 0 Å². The molecule has 0 aromatic heterocycles. The van der Waals surface area contributed by atoms with Crippen molar-refractivity contribution in [2.45, 2.75) is 58.4 Å².